The van der Waals surface area contributed by atoms with Crippen molar-refractivity contribution < 1.29 is 18.5 Å². The summed E-state index contributed by atoms with van der Waals surface area (Å²) in [6.45, 7) is 0. The number of benzene rings is 2. The lowest BCUT2D eigenvalue weighted by Crippen LogP contribution is -2.00. The van der Waals surface area contributed by atoms with E-state index in [1.54, 1.807) is 18.2 Å². The standard InChI is InChI=1S/C17H11FN4O3/c18-11-7-5-10(6-8-11)16-21-17(25-22-16)15-14(19-9-20-23)12-3-1-2-4-13(12)24-15/h1-9,23H,(H,19,20). The van der Waals surface area contributed by atoms with Crippen molar-refractivity contribution in [2.75, 3.05) is 0 Å². The number of nitrogens with one attached hydrogen (secondary N) is 1. The van der Waals surface area contributed by atoms with E-state index in [2.05, 4.69) is 15.1 Å². The average Bonchev–Trinajstić information content (AvgIpc) is 3.25. The SMILES string of the molecule is ONC=Nc1c(-c2nc(-c3ccc(F)cc3)no2)oc2ccccc12. The Hall–Kier alpha value is -3.52. The highest BCUT2D eigenvalue weighted by Crippen LogP contribution is 2.39. The van der Waals surface area contributed by atoms with Crippen molar-refractivity contribution in [3.8, 4) is 23.0 Å². The quantitative estimate of drug-likeness (QED) is 0.332. The minimum atomic E-state index is -0.349. The summed E-state index contributed by atoms with van der Waals surface area (Å²) in [6, 6.07) is 13.0. The molecule has 0 spiro atoms. The van der Waals surface area contributed by atoms with Gasteiger partial charge in [-0.05, 0) is 36.4 Å². The summed E-state index contributed by atoms with van der Waals surface area (Å²) >= 11 is 0. The van der Waals surface area contributed by atoms with Gasteiger partial charge in [0.2, 0.25) is 11.6 Å². The van der Waals surface area contributed by atoms with Crippen LogP contribution in [0.25, 0.3) is 34.0 Å². The molecule has 2 N–H and O–H groups in total. The van der Waals surface area contributed by atoms with Gasteiger partial charge in [-0.3, -0.25) is 10.7 Å². The van der Waals surface area contributed by atoms with E-state index in [1.807, 2.05) is 23.7 Å². The van der Waals surface area contributed by atoms with Gasteiger partial charge in [-0.2, -0.15) is 4.98 Å². The number of furan rings is 1. The van der Waals surface area contributed by atoms with E-state index in [1.165, 1.54) is 12.1 Å². The van der Waals surface area contributed by atoms with Crippen LogP contribution in [0, 0.1) is 5.82 Å². The molecule has 0 unspecified atom stereocenters. The van der Waals surface area contributed by atoms with Crippen LogP contribution in [0.4, 0.5) is 10.1 Å². The van der Waals surface area contributed by atoms with Gasteiger partial charge in [0.1, 0.15) is 23.4 Å². The molecule has 7 nitrogen and oxygen atoms in total. The first-order valence-electron chi connectivity index (χ1n) is 7.30. The summed E-state index contributed by atoms with van der Waals surface area (Å²) in [5.41, 5.74) is 3.48. The minimum Gasteiger partial charge on any atom is -0.449 e. The van der Waals surface area contributed by atoms with E-state index in [0.29, 0.717) is 22.7 Å². The maximum Gasteiger partial charge on any atom is 0.296 e. The molecule has 8 heteroatoms. The third-order valence-corrected chi connectivity index (χ3v) is 3.54. The molecule has 124 valence electrons. The van der Waals surface area contributed by atoms with Crippen molar-refractivity contribution in [1.82, 2.24) is 15.6 Å². The number of hydrogen-bond donors (Lipinski definition) is 2. The van der Waals surface area contributed by atoms with Gasteiger partial charge in [-0.1, -0.05) is 17.3 Å². The molecule has 4 aromatic rings. The summed E-state index contributed by atoms with van der Waals surface area (Å²) in [4.78, 5) is 8.42. The monoisotopic (exact) mass is 338 g/mol. The molecule has 0 saturated heterocycles. The highest BCUT2D eigenvalue weighted by atomic mass is 19.1. The average molecular weight is 338 g/mol. The zero-order valence-corrected chi connectivity index (χ0v) is 12.7. The fraction of sp³-hybridized carbons (Fsp3) is 0. The molecule has 0 radical (unpaired) electrons. The van der Waals surface area contributed by atoms with Gasteiger partial charge in [-0.15, -0.1) is 0 Å². The largest absolute Gasteiger partial charge is 0.449 e. The second-order valence-corrected chi connectivity index (χ2v) is 5.09. The third kappa shape index (κ3) is 2.74. The first-order valence-corrected chi connectivity index (χ1v) is 7.30. The smallest absolute Gasteiger partial charge is 0.296 e. The Balaban J connectivity index is 1.82. The van der Waals surface area contributed by atoms with Gasteiger partial charge >= 0.3 is 0 Å². The zero-order chi connectivity index (χ0) is 17.2. The van der Waals surface area contributed by atoms with Crippen LogP contribution in [0.1, 0.15) is 0 Å². The second-order valence-electron chi connectivity index (χ2n) is 5.09. The summed E-state index contributed by atoms with van der Waals surface area (Å²) in [7, 11) is 0. The highest BCUT2D eigenvalue weighted by molar-refractivity contribution is 5.97. The Labute approximate surface area is 140 Å². The van der Waals surface area contributed by atoms with Crippen molar-refractivity contribution >= 4 is 23.0 Å². The van der Waals surface area contributed by atoms with E-state index >= 15 is 0 Å². The van der Waals surface area contributed by atoms with E-state index in [4.69, 9.17) is 14.1 Å². The van der Waals surface area contributed by atoms with E-state index in [9.17, 15) is 4.39 Å². The number of rotatable bonds is 4. The Morgan fingerprint density at radius 3 is 2.72 bits per heavy atom. The summed E-state index contributed by atoms with van der Waals surface area (Å²) < 4.78 is 24.1. The first kappa shape index (κ1) is 15.0. The van der Waals surface area contributed by atoms with Crippen LogP contribution >= 0.6 is 0 Å². The third-order valence-electron chi connectivity index (χ3n) is 3.54. The van der Waals surface area contributed by atoms with Gasteiger partial charge in [0.05, 0.1) is 0 Å². The highest BCUT2D eigenvalue weighted by Gasteiger charge is 2.21. The molecule has 25 heavy (non-hydrogen) atoms. The minimum absolute atomic E-state index is 0.126. The van der Waals surface area contributed by atoms with Crippen LogP contribution in [-0.4, -0.2) is 21.7 Å². The number of para-hydroxylation sites is 1. The van der Waals surface area contributed by atoms with E-state index in [-0.39, 0.29) is 17.5 Å². The molecule has 0 fully saturated rings. The van der Waals surface area contributed by atoms with Crippen LogP contribution in [0.5, 0.6) is 0 Å². The van der Waals surface area contributed by atoms with Gasteiger partial charge in [0.25, 0.3) is 5.89 Å². The molecule has 0 aliphatic heterocycles. The number of hydrogen-bond acceptors (Lipinski definition) is 6. The summed E-state index contributed by atoms with van der Waals surface area (Å²) in [5, 5.41) is 13.4. The molecule has 0 saturated carbocycles. The maximum atomic E-state index is 13.0. The predicted molar refractivity (Wildman–Crippen MR) is 88.0 cm³/mol. The van der Waals surface area contributed by atoms with Crippen molar-refractivity contribution in [2.24, 2.45) is 4.99 Å². The first-order chi connectivity index (χ1) is 12.3. The van der Waals surface area contributed by atoms with Crippen LogP contribution in [-0.2, 0) is 0 Å². The van der Waals surface area contributed by atoms with Crippen molar-refractivity contribution in [2.45, 2.75) is 0 Å². The fourth-order valence-electron chi connectivity index (χ4n) is 2.43. The topological polar surface area (TPSA) is 96.7 Å². The molecule has 0 amide bonds. The molecule has 0 aliphatic carbocycles. The Kier molecular flexibility index (Phi) is 3.71. The lowest BCUT2D eigenvalue weighted by atomic mass is 10.2. The number of nitrogens with zero attached hydrogens (tertiary/aromatic N) is 3. The maximum absolute atomic E-state index is 13.0. The Morgan fingerprint density at radius 1 is 1.12 bits per heavy atom. The zero-order valence-electron chi connectivity index (χ0n) is 12.7. The van der Waals surface area contributed by atoms with Crippen LogP contribution in [0.3, 0.4) is 0 Å². The Morgan fingerprint density at radius 2 is 1.92 bits per heavy atom. The molecule has 0 atom stereocenters. The van der Waals surface area contributed by atoms with Crippen LogP contribution < -0.4 is 5.48 Å². The predicted octanol–water partition coefficient (Wildman–Crippen LogP) is 3.93. The molecular formula is C17H11FN4O3. The lowest BCUT2D eigenvalue weighted by molar-refractivity contribution is 0.240. The molecular weight excluding hydrogens is 327 g/mol. The second kappa shape index (κ2) is 6.17. The van der Waals surface area contributed by atoms with Gasteiger partial charge in [0.15, 0.2) is 0 Å². The summed E-state index contributed by atoms with van der Waals surface area (Å²) in [5.74, 6) is 0.345. The molecule has 2 aromatic heterocycles. The molecule has 0 aliphatic rings. The Bertz CT molecular complexity index is 1050. The normalized spacial score (nSPS) is 11.4. The van der Waals surface area contributed by atoms with Crippen LogP contribution in [0.15, 0.2) is 62.5 Å². The van der Waals surface area contributed by atoms with E-state index in [0.717, 1.165) is 11.7 Å². The number of hydroxylamine groups is 1. The number of aliphatic imine (C=N–C) groups is 1. The molecule has 2 heterocycles. The molecule has 0 bridgehead atoms. The van der Waals surface area contributed by atoms with E-state index < -0.39 is 0 Å². The van der Waals surface area contributed by atoms with Gasteiger partial charge in [-0.25, -0.2) is 9.38 Å². The fourth-order valence-corrected chi connectivity index (χ4v) is 2.43. The van der Waals surface area contributed by atoms with Crippen molar-refractivity contribution in [1.29, 1.82) is 0 Å². The number of halogens is 1. The van der Waals surface area contributed by atoms with Crippen LogP contribution in [0.2, 0.25) is 0 Å². The van der Waals surface area contributed by atoms with Crippen molar-refractivity contribution in [3.05, 3.63) is 54.3 Å². The number of fused-ring (bicyclic) bond motifs is 1. The van der Waals surface area contributed by atoms with Gasteiger partial charge < -0.3 is 8.94 Å². The van der Waals surface area contributed by atoms with Crippen molar-refractivity contribution in [3.63, 3.8) is 0 Å². The lowest BCUT2D eigenvalue weighted by Gasteiger charge is -1.93. The molecule has 2 aromatic carbocycles. The van der Waals surface area contributed by atoms with Gasteiger partial charge in [0, 0.05) is 10.9 Å². The molecule has 4 rings (SSSR count). The summed E-state index contributed by atoms with van der Waals surface area (Å²) in [6.07, 6.45) is 1.11. The number of aromatic nitrogens is 2.